The molecular weight excluding hydrogens is 632 g/mol. The summed E-state index contributed by atoms with van der Waals surface area (Å²) in [5.41, 5.74) is 4.23. The number of hydrogen-bond acceptors (Lipinski definition) is 7. The predicted octanol–water partition coefficient (Wildman–Crippen LogP) is 4.98. The van der Waals surface area contributed by atoms with E-state index >= 15 is 0 Å². The fraction of sp³-hybridized carbons (Fsp3) is 0.625. The van der Waals surface area contributed by atoms with Crippen LogP contribution in [0.5, 0.6) is 0 Å². The molecule has 0 spiro atoms. The maximum Gasteiger partial charge on any atom is 0.246 e. The van der Waals surface area contributed by atoms with Crippen molar-refractivity contribution in [3.05, 3.63) is 41.0 Å². The molecule has 3 N–H and O–H groups in total. The molecule has 2 heterocycles. The highest BCUT2D eigenvalue weighted by molar-refractivity contribution is 9.09. The molecule has 1 aromatic carbocycles. The van der Waals surface area contributed by atoms with Gasteiger partial charge in [0, 0.05) is 44.5 Å². The normalized spacial score (nSPS) is 17.6. The molecule has 3 amide bonds. The lowest BCUT2D eigenvalue weighted by atomic mass is 9.85. The van der Waals surface area contributed by atoms with E-state index in [0.717, 1.165) is 59.3 Å². The average molecular weight is 680 g/mol. The zero-order valence-electron chi connectivity index (χ0n) is 25.9. The van der Waals surface area contributed by atoms with Gasteiger partial charge < -0.3 is 25.4 Å². The van der Waals surface area contributed by atoms with Crippen molar-refractivity contribution >= 4 is 45.0 Å². The minimum Gasteiger partial charge on any atom is -0.391 e. The molecule has 43 heavy (non-hydrogen) atoms. The number of nitrogens with zero attached hydrogens (tertiary/aromatic N) is 2. The van der Waals surface area contributed by atoms with Gasteiger partial charge in [-0.1, -0.05) is 67.4 Å². The van der Waals surface area contributed by atoms with Gasteiger partial charge >= 0.3 is 0 Å². The van der Waals surface area contributed by atoms with Crippen molar-refractivity contribution in [1.82, 2.24) is 20.5 Å². The zero-order valence-corrected chi connectivity index (χ0v) is 28.3. The number of β-amino-alcohol motifs (C(OH)–C–C–N with tert-alkyl or cyclic N) is 1. The molecule has 0 radical (unpaired) electrons. The number of amides is 3. The third kappa shape index (κ3) is 11.0. The summed E-state index contributed by atoms with van der Waals surface area (Å²) in [6.45, 7) is 9.45. The van der Waals surface area contributed by atoms with Crippen molar-refractivity contribution in [2.24, 2.45) is 5.41 Å². The number of benzene rings is 1. The summed E-state index contributed by atoms with van der Waals surface area (Å²) in [6.07, 6.45) is 4.27. The summed E-state index contributed by atoms with van der Waals surface area (Å²) in [6, 6.07) is 6.32. The van der Waals surface area contributed by atoms with Gasteiger partial charge in [-0.2, -0.15) is 0 Å². The smallest absolute Gasteiger partial charge is 0.246 e. The van der Waals surface area contributed by atoms with Gasteiger partial charge in [-0.05, 0) is 49.1 Å². The standard InChI is InChI=1S/C32H47BrN4O5S/c1-22-28(43-21-35-22)24-13-11-23(12-14-24)19-34-30(40)26-18-25(38)20-37(26)31(41)29(32(2,3)4)36-27(39)10-6-5-8-16-42-17-9-7-15-33/h11-14,21,25-26,29,38H,5-10,15-20H2,1-4H3,(H,34,40)(H,36,39)/t25-,26+,29-/m1/s1. The maximum atomic E-state index is 13.8. The zero-order chi connectivity index (χ0) is 31.4. The fourth-order valence-electron chi connectivity index (χ4n) is 5.08. The minimum absolute atomic E-state index is 0.0535. The Morgan fingerprint density at radius 3 is 2.44 bits per heavy atom. The number of aliphatic hydroxyl groups is 1. The van der Waals surface area contributed by atoms with Crippen molar-refractivity contribution in [1.29, 1.82) is 0 Å². The molecule has 0 unspecified atom stereocenters. The molecule has 1 aromatic heterocycles. The number of rotatable bonds is 16. The molecule has 1 saturated heterocycles. The van der Waals surface area contributed by atoms with Gasteiger partial charge in [0.15, 0.2) is 0 Å². The number of aliphatic hydroxyl groups excluding tert-OH is 1. The second-order valence-electron chi connectivity index (χ2n) is 12.3. The molecule has 3 atom stereocenters. The number of unbranched alkanes of at least 4 members (excludes halogenated alkanes) is 3. The van der Waals surface area contributed by atoms with Gasteiger partial charge in [0.1, 0.15) is 12.1 Å². The summed E-state index contributed by atoms with van der Waals surface area (Å²) < 4.78 is 5.62. The van der Waals surface area contributed by atoms with Crippen molar-refractivity contribution in [2.45, 2.75) is 97.4 Å². The molecule has 1 fully saturated rings. The SMILES string of the molecule is Cc1ncsc1-c1ccc(CNC(=O)[C@@H]2C[C@@H](O)CN2C(=O)[C@@H](NC(=O)CCCCCOCCCCBr)C(C)(C)C)cc1. The number of aromatic nitrogens is 1. The topological polar surface area (TPSA) is 121 Å². The van der Waals surface area contributed by atoms with Gasteiger partial charge in [0.25, 0.3) is 0 Å². The third-order valence-corrected chi connectivity index (χ3v) is 9.11. The predicted molar refractivity (Wildman–Crippen MR) is 174 cm³/mol. The van der Waals surface area contributed by atoms with E-state index in [0.29, 0.717) is 26.0 Å². The van der Waals surface area contributed by atoms with Crippen LogP contribution in [0, 0.1) is 12.3 Å². The highest BCUT2D eigenvalue weighted by Gasteiger charge is 2.44. The van der Waals surface area contributed by atoms with Gasteiger partial charge in [-0.3, -0.25) is 14.4 Å². The Labute approximate surface area is 268 Å². The molecule has 1 aliphatic heterocycles. The van der Waals surface area contributed by atoms with E-state index < -0.39 is 23.6 Å². The quantitative estimate of drug-likeness (QED) is 0.170. The molecule has 0 saturated carbocycles. The molecule has 0 bridgehead atoms. The molecule has 2 aromatic rings. The number of hydrogen-bond donors (Lipinski definition) is 3. The number of aryl methyl sites for hydroxylation is 1. The second kappa shape index (κ2) is 17.2. The van der Waals surface area contributed by atoms with Crippen LogP contribution in [0.3, 0.4) is 0 Å². The lowest BCUT2D eigenvalue weighted by Crippen LogP contribution is -2.57. The third-order valence-electron chi connectivity index (χ3n) is 7.58. The monoisotopic (exact) mass is 678 g/mol. The van der Waals surface area contributed by atoms with Crippen LogP contribution in [0.4, 0.5) is 0 Å². The minimum atomic E-state index is -0.818. The van der Waals surface area contributed by atoms with Crippen LogP contribution < -0.4 is 10.6 Å². The van der Waals surface area contributed by atoms with E-state index in [1.807, 2.05) is 57.5 Å². The number of carbonyl (C=O) groups is 3. The Morgan fingerprint density at radius 1 is 1.12 bits per heavy atom. The van der Waals surface area contributed by atoms with Gasteiger partial charge in [-0.25, -0.2) is 4.98 Å². The Morgan fingerprint density at radius 2 is 1.81 bits per heavy atom. The number of likely N-dealkylation sites (tertiary alicyclic amines) is 1. The fourth-order valence-corrected chi connectivity index (χ4v) is 6.29. The lowest BCUT2D eigenvalue weighted by Gasteiger charge is -2.35. The first kappa shape index (κ1) is 35.1. The summed E-state index contributed by atoms with van der Waals surface area (Å²) in [5.74, 6) is -0.858. The van der Waals surface area contributed by atoms with E-state index in [4.69, 9.17) is 4.74 Å². The molecule has 238 valence electrons. The maximum absolute atomic E-state index is 13.8. The average Bonchev–Trinajstić information content (AvgIpc) is 3.58. The first-order valence-corrected chi connectivity index (χ1v) is 17.2. The van der Waals surface area contributed by atoms with E-state index in [1.165, 1.54) is 4.90 Å². The van der Waals surface area contributed by atoms with Crippen LogP contribution in [-0.4, -0.2) is 76.0 Å². The largest absolute Gasteiger partial charge is 0.391 e. The van der Waals surface area contributed by atoms with E-state index in [2.05, 4.69) is 31.5 Å². The lowest BCUT2D eigenvalue weighted by molar-refractivity contribution is -0.144. The van der Waals surface area contributed by atoms with Crippen LogP contribution in [0.25, 0.3) is 10.4 Å². The van der Waals surface area contributed by atoms with Crippen molar-refractivity contribution < 1.29 is 24.2 Å². The highest BCUT2D eigenvalue weighted by atomic mass is 79.9. The van der Waals surface area contributed by atoms with Gasteiger partial charge in [0.2, 0.25) is 17.7 Å². The number of halogens is 1. The van der Waals surface area contributed by atoms with Crippen LogP contribution >= 0.6 is 27.3 Å². The summed E-state index contributed by atoms with van der Waals surface area (Å²) in [4.78, 5) is 46.7. The summed E-state index contributed by atoms with van der Waals surface area (Å²) in [7, 11) is 0. The van der Waals surface area contributed by atoms with E-state index in [1.54, 1.807) is 11.3 Å². The van der Waals surface area contributed by atoms with Crippen molar-refractivity contribution in [2.75, 3.05) is 25.1 Å². The Bertz CT molecular complexity index is 1180. The Hall–Kier alpha value is -2.34. The number of carbonyl (C=O) groups excluding carboxylic acids is 3. The molecule has 3 rings (SSSR count). The molecule has 9 nitrogen and oxygen atoms in total. The van der Waals surface area contributed by atoms with Crippen LogP contribution in [-0.2, 0) is 25.7 Å². The summed E-state index contributed by atoms with van der Waals surface area (Å²) in [5, 5.41) is 17.3. The highest BCUT2D eigenvalue weighted by Crippen LogP contribution is 2.28. The summed E-state index contributed by atoms with van der Waals surface area (Å²) >= 11 is 5.00. The molecule has 11 heteroatoms. The molecule has 1 aliphatic rings. The Balaban J connectivity index is 1.52. The number of alkyl halides is 1. The number of nitrogens with one attached hydrogen (secondary N) is 2. The number of thiazole rings is 1. The second-order valence-corrected chi connectivity index (χ2v) is 13.9. The van der Waals surface area contributed by atoms with Crippen LogP contribution in [0.1, 0.15) is 77.0 Å². The molecule has 0 aliphatic carbocycles. The van der Waals surface area contributed by atoms with Gasteiger partial charge in [0.05, 0.1) is 22.2 Å². The first-order valence-electron chi connectivity index (χ1n) is 15.2. The van der Waals surface area contributed by atoms with Crippen LogP contribution in [0.2, 0.25) is 0 Å². The van der Waals surface area contributed by atoms with E-state index in [9.17, 15) is 19.5 Å². The van der Waals surface area contributed by atoms with E-state index in [-0.39, 0.29) is 30.7 Å². The van der Waals surface area contributed by atoms with Crippen LogP contribution in [0.15, 0.2) is 29.8 Å². The Kier molecular flexibility index (Phi) is 14.1. The van der Waals surface area contributed by atoms with Gasteiger partial charge in [-0.15, -0.1) is 11.3 Å². The van der Waals surface area contributed by atoms with Crippen molar-refractivity contribution in [3.8, 4) is 10.4 Å². The first-order chi connectivity index (χ1) is 20.5. The molecular formula is C32H47BrN4O5S. The van der Waals surface area contributed by atoms with Crippen molar-refractivity contribution in [3.63, 3.8) is 0 Å². The number of ether oxygens (including phenoxy) is 1.